The average Bonchev–Trinajstić information content (AvgIpc) is 2.99. The number of hydrogen-bond acceptors (Lipinski definition) is 4. The van der Waals surface area contributed by atoms with Crippen LogP contribution in [0.5, 0.6) is 11.5 Å². The van der Waals surface area contributed by atoms with Crippen LogP contribution in [-0.4, -0.2) is 18.4 Å². The fourth-order valence-corrected chi connectivity index (χ4v) is 5.05. The molecule has 0 aromatic heterocycles. The SMILES string of the molecule is CCOc1cc(C=C(C(=O)NCc2ccccc2)C(=O)NCc2ccccc2)cc(Br)c1OCc1ccc(Cl)cc1Cl. The van der Waals surface area contributed by atoms with Crippen molar-refractivity contribution < 1.29 is 19.1 Å². The maximum atomic E-state index is 13.3. The molecule has 0 aliphatic rings. The van der Waals surface area contributed by atoms with E-state index in [9.17, 15) is 9.59 Å². The number of nitrogens with one attached hydrogen (secondary N) is 2. The fraction of sp³-hybridized carbons (Fsp3) is 0.152. The van der Waals surface area contributed by atoms with Crippen molar-refractivity contribution in [3.63, 3.8) is 0 Å². The van der Waals surface area contributed by atoms with E-state index in [0.717, 1.165) is 16.7 Å². The van der Waals surface area contributed by atoms with Gasteiger partial charge in [-0.15, -0.1) is 0 Å². The normalized spacial score (nSPS) is 10.5. The van der Waals surface area contributed by atoms with Gasteiger partial charge in [-0.25, -0.2) is 0 Å². The van der Waals surface area contributed by atoms with Crippen molar-refractivity contribution in [1.82, 2.24) is 10.6 Å². The summed E-state index contributed by atoms with van der Waals surface area (Å²) in [5, 5.41) is 6.73. The van der Waals surface area contributed by atoms with E-state index in [1.165, 1.54) is 6.08 Å². The molecule has 4 aromatic carbocycles. The number of carbonyl (C=O) groups excluding carboxylic acids is 2. The van der Waals surface area contributed by atoms with Gasteiger partial charge < -0.3 is 20.1 Å². The van der Waals surface area contributed by atoms with E-state index in [1.54, 1.807) is 30.3 Å². The molecule has 2 N–H and O–H groups in total. The van der Waals surface area contributed by atoms with E-state index in [-0.39, 0.29) is 25.3 Å². The van der Waals surface area contributed by atoms with Gasteiger partial charge in [-0.05, 0) is 69.9 Å². The van der Waals surface area contributed by atoms with Crippen molar-refractivity contribution in [1.29, 1.82) is 0 Å². The lowest BCUT2D eigenvalue weighted by atomic mass is 10.1. The summed E-state index contributed by atoms with van der Waals surface area (Å²) in [6.45, 7) is 2.96. The molecule has 0 saturated carbocycles. The molecule has 0 radical (unpaired) electrons. The van der Waals surface area contributed by atoms with Crippen molar-refractivity contribution >= 4 is 57.0 Å². The number of benzene rings is 4. The Hall–Kier alpha value is -3.78. The van der Waals surface area contributed by atoms with Crippen LogP contribution in [0, 0.1) is 0 Å². The molecular formula is C33H29BrCl2N2O4. The Balaban J connectivity index is 1.61. The van der Waals surface area contributed by atoms with Crippen LogP contribution in [0.15, 0.2) is 101 Å². The quantitative estimate of drug-likeness (QED) is 0.0920. The Bertz CT molecular complexity index is 1510. The Morgan fingerprint density at radius 3 is 1.95 bits per heavy atom. The minimum atomic E-state index is -0.504. The largest absolute Gasteiger partial charge is 0.490 e. The van der Waals surface area contributed by atoms with Gasteiger partial charge in [-0.3, -0.25) is 9.59 Å². The Labute approximate surface area is 263 Å². The van der Waals surface area contributed by atoms with Crippen LogP contribution >= 0.6 is 39.1 Å². The maximum absolute atomic E-state index is 13.3. The molecule has 0 atom stereocenters. The molecule has 0 aliphatic heterocycles. The average molecular weight is 668 g/mol. The highest BCUT2D eigenvalue weighted by molar-refractivity contribution is 9.10. The molecule has 0 unspecified atom stereocenters. The zero-order chi connectivity index (χ0) is 29.9. The van der Waals surface area contributed by atoms with Crippen LogP contribution in [-0.2, 0) is 29.3 Å². The van der Waals surface area contributed by atoms with Crippen LogP contribution in [0.4, 0.5) is 0 Å². The maximum Gasteiger partial charge on any atom is 0.257 e. The predicted molar refractivity (Wildman–Crippen MR) is 171 cm³/mol. The van der Waals surface area contributed by atoms with Crippen LogP contribution in [0.1, 0.15) is 29.2 Å². The molecule has 0 spiro atoms. The van der Waals surface area contributed by atoms with Crippen LogP contribution in [0.2, 0.25) is 10.0 Å². The number of halogens is 3. The molecule has 6 nitrogen and oxygen atoms in total. The predicted octanol–water partition coefficient (Wildman–Crippen LogP) is 7.75. The minimum Gasteiger partial charge on any atom is -0.490 e. The van der Waals surface area contributed by atoms with Gasteiger partial charge in [0.2, 0.25) is 0 Å². The van der Waals surface area contributed by atoms with Gasteiger partial charge in [-0.2, -0.15) is 0 Å². The lowest BCUT2D eigenvalue weighted by molar-refractivity contribution is -0.123. The highest BCUT2D eigenvalue weighted by Gasteiger charge is 2.20. The van der Waals surface area contributed by atoms with E-state index >= 15 is 0 Å². The first-order valence-corrected chi connectivity index (χ1v) is 14.8. The van der Waals surface area contributed by atoms with Gasteiger partial charge in [0.05, 0.1) is 11.1 Å². The number of rotatable bonds is 12. The summed E-state index contributed by atoms with van der Waals surface area (Å²) in [4.78, 5) is 26.6. The summed E-state index contributed by atoms with van der Waals surface area (Å²) >= 11 is 15.9. The molecule has 42 heavy (non-hydrogen) atoms. The molecule has 0 aliphatic carbocycles. The van der Waals surface area contributed by atoms with E-state index in [2.05, 4.69) is 26.6 Å². The second-order valence-electron chi connectivity index (χ2n) is 9.18. The second-order valence-corrected chi connectivity index (χ2v) is 10.9. The minimum absolute atomic E-state index is 0.0437. The summed E-state index contributed by atoms with van der Waals surface area (Å²) in [5.74, 6) is -0.104. The van der Waals surface area contributed by atoms with E-state index in [1.807, 2.05) is 67.6 Å². The Morgan fingerprint density at radius 2 is 1.40 bits per heavy atom. The highest BCUT2D eigenvalue weighted by atomic mass is 79.9. The lowest BCUT2D eigenvalue weighted by Crippen LogP contribution is -2.34. The smallest absolute Gasteiger partial charge is 0.257 e. The monoisotopic (exact) mass is 666 g/mol. The van der Waals surface area contributed by atoms with E-state index in [4.69, 9.17) is 32.7 Å². The molecule has 4 rings (SSSR count). The first-order valence-electron chi connectivity index (χ1n) is 13.2. The summed E-state index contributed by atoms with van der Waals surface area (Å²) in [5.41, 5.74) is 3.11. The zero-order valence-corrected chi connectivity index (χ0v) is 25.9. The van der Waals surface area contributed by atoms with E-state index in [0.29, 0.717) is 38.2 Å². The van der Waals surface area contributed by atoms with Gasteiger partial charge in [0.1, 0.15) is 12.2 Å². The summed E-state index contributed by atoms with van der Waals surface area (Å²) in [6, 6.07) is 27.7. The molecule has 0 saturated heterocycles. The third-order valence-corrected chi connectivity index (χ3v) is 7.29. The van der Waals surface area contributed by atoms with E-state index < -0.39 is 11.8 Å². The lowest BCUT2D eigenvalue weighted by Gasteiger charge is -2.16. The highest BCUT2D eigenvalue weighted by Crippen LogP contribution is 2.38. The summed E-state index contributed by atoms with van der Waals surface area (Å²) in [6.07, 6.45) is 1.54. The zero-order valence-electron chi connectivity index (χ0n) is 22.8. The van der Waals surface area contributed by atoms with Crippen LogP contribution < -0.4 is 20.1 Å². The molecule has 216 valence electrons. The molecular weight excluding hydrogens is 639 g/mol. The number of amides is 2. The third kappa shape index (κ3) is 8.86. The molecule has 0 bridgehead atoms. The standard InChI is InChI=1S/C33H29BrCl2N2O4/c1-2-41-30-17-24(16-28(34)31(30)42-21-25-13-14-26(35)18-29(25)36)15-27(32(39)37-19-22-9-5-3-6-10-22)33(40)38-20-23-11-7-4-8-12-23/h3-18H,2,19-21H2,1H3,(H,37,39)(H,38,40). The third-order valence-electron chi connectivity index (χ3n) is 6.11. The van der Waals surface area contributed by atoms with Crippen LogP contribution in [0.25, 0.3) is 6.08 Å². The van der Waals surface area contributed by atoms with Crippen LogP contribution in [0.3, 0.4) is 0 Å². The van der Waals surface area contributed by atoms with Crippen molar-refractivity contribution in [2.45, 2.75) is 26.6 Å². The van der Waals surface area contributed by atoms with Crippen molar-refractivity contribution in [2.24, 2.45) is 0 Å². The number of ether oxygens (including phenoxy) is 2. The van der Waals surface area contributed by atoms with Gasteiger partial charge >= 0.3 is 0 Å². The first kappa shape index (κ1) is 31.2. The molecule has 0 heterocycles. The fourth-order valence-electron chi connectivity index (χ4n) is 4.01. The van der Waals surface area contributed by atoms with Crippen molar-refractivity contribution in [3.05, 3.63) is 133 Å². The van der Waals surface area contributed by atoms with Crippen molar-refractivity contribution in [3.8, 4) is 11.5 Å². The summed E-state index contributed by atoms with van der Waals surface area (Å²) in [7, 11) is 0. The number of carbonyl (C=O) groups is 2. The van der Waals surface area contributed by atoms with Gasteiger partial charge in [0.25, 0.3) is 11.8 Å². The Kier molecular flexibility index (Phi) is 11.5. The van der Waals surface area contributed by atoms with Gasteiger partial charge in [0.15, 0.2) is 11.5 Å². The van der Waals surface area contributed by atoms with Crippen molar-refractivity contribution in [2.75, 3.05) is 6.61 Å². The molecule has 2 amide bonds. The second kappa shape index (κ2) is 15.4. The number of hydrogen-bond donors (Lipinski definition) is 2. The van der Waals surface area contributed by atoms with Gasteiger partial charge in [0, 0.05) is 28.7 Å². The molecule has 0 fully saturated rings. The van der Waals surface area contributed by atoms with Gasteiger partial charge in [-0.1, -0.05) is 89.9 Å². The first-order chi connectivity index (χ1) is 20.3. The topological polar surface area (TPSA) is 76.7 Å². The summed E-state index contributed by atoms with van der Waals surface area (Å²) < 4.78 is 12.5. The molecule has 4 aromatic rings. The Morgan fingerprint density at radius 1 is 0.810 bits per heavy atom. The molecule has 9 heteroatoms.